The maximum atomic E-state index is 12.3. The van der Waals surface area contributed by atoms with Gasteiger partial charge in [0.15, 0.2) is 5.60 Å². The van der Waals surface area contributed by atoms with Crippen molar-refractivity contribution >= 4 is 11.8 Å². The van der Waals surface area contributed by atoms with E-state index in [1.165, 1.54) is 32.1 Å². The Morgan fingerprint density at radius 1 is 1.04 bits per heavy atom. The van der Waals surface area contributed by atoms with Crippen LogP contribution in [0.4, 0.5) is 0 Å². The highest BCUT2D eigenvalue weighted by atomic mass is 16.4. The molecule has 4 heteroatoms. The molecule has 1 aromatic carbocycles. The second-order valence-electron chi connectivity index (χ2n) is 8.35. The van der Waals surface area contributed by atoms with Crippen molar-refractivity contribution in [2.75, 3.05) is 0 Å². The number of ketones is 1. The molecule has 3 atom stereocenters. The maximum Gasteiger partial charge on any atom is 0.340 e. The van der Waals surface area contributed by atoms with Crippen molar-refractivity contribution in [2.24, 2.45) is 11.8 Å². The summed E-state index contributed by atoms with van der Waals surface area (Å²) in [6.07, 6.45) is 11.5. The van der Waals surface area contributed by atoms with Crippen LogP contribution in [-0.2, 0) is 15.2 Å². The molecule has 0 bridgehead atoms. The van der Waals surface area contributed by atoms with Gasteiger partial charge in [0.1, 0.15) is 5.78 Å². The zero-order valence-corrected chi connectivity index (χ0v) is 17.2. The van der Waals surface area contributed by atoms with Crippen LogP contribution in [0.1, 0.15) is 89.5 Å². The summed E-state index contributed by atoms with van der Waals surface area (Å²) >= 11 is 0. The number of aliphatic hydroxyl groups is 1. The van der Waals surface area contributed by atoms with Crippen molar-refractivity contribution in [3.63, 3.8) is 0 Å². The van der Waals surface area contributed by atoms with Gasteiger partial charge in [0.05, 0.1) is 0 Å². The number of carboxylic acids is 1. The topological polar surface area (TPSA) is 74.6 Å². The minimum absolute atomic E-state index is 0.200. The van der Waals surface area contributed by atoms with Crippen molar-refractivity contribution in [3.8, 4) is 0 Å². The lowest BCUT2D eigenvalue weighted by Crippen LogP contribution is -2.35. The van der Waals surface area contributed by atoms with Gasteiger partial charge in [0, 0.05) is 12.3 Å². The van der Waals surface area contributed by atoms with Crippen LogP contribution in [0, 0.1) is 11.8 Å². The van der Waals surface area contributed by atoms with E-state index in [2.05, 4.69) is 6.92 Å². The third-order valence-corrected chi connectivity index (χ3v) is 6.33. The highest BCUT2D eigenvalue weighted by Crippen LogP contribution is 2.36. The van der Waals surface area contributed by atoms with E-state index in [-0.39, 0.29) is 12.3 Å². The number of rotatable bonds is 13. The van der Waals surface area contributed by atoms with E-state index >= 15 is 0 Å². The molecule has 0 heterocycles. The first kappa shape index (κ1) is 22.6. The molecule has 1 saturated carbocycles. The van der Waals surface area contributed by atoms with Crippen LogP contribution >= 0.6 is 0 Å². The van der Waals surface area contributed by atoms with E-state index < -0.39 is 11.6 Å². The van der Waals surface area contributed by atoms with Crippen LogP contribution in [0.25, 0.3) is 0 Å². The van der Waals surface area contributed by atoms with Gasteiger partial charge in [0.2, 0.25) is 0 Å². The molecule has 2 rings (SSSR count). The van der Waals surface area contributed by atoms with E-state index in [9.17, 15) is 19.8 Å². The number of carboxylic acid groups (broad SMARTS) is 1. The molecule has 4 nitrogen and oxygen atoms in total. The second-order valence-corrected chi connectivity index (χ2v) is 8.35. The molecule has 0 spiro atoms. The van der Waals surface area contributed by atoms with Crippen molar-refractivity contribution in [1.29, 1.82) is 0 Å². The molecule has 0 saturated heterocycles. The molecule has 0 aliphatic heterocycles. The Morgan fingerprint density at radius 3 is 2.39 bits per heavy atom. The second kappa shape index (κ2) is 11.4. The van der Waals surface area contributed by atoms with Gasteiger partial charge in [-0.1, -0.05) is 75.8 Å². The number of unbranched alkanes of at least 4 members (excludes halogenated alkanes) is 5. The Labute approximate surface area is 169 Å². The fraction of sp³-hybridized carbons (Fsp3) is 0.667. The zero-order chi connectivity index (χ0) is 20.4. The first-order valence-electron chi connectivity index (χ1n) is 11.0. The van der Waals surface area contributed by atoms with Crippen LogP contribution in [0.5, 0.6) is 0 Å². The standard InChI is InChI=1S/C24H36O4/c1-2-3-4-7-12-19-16-17-22(25)21(19)15-10-6-11-18-24(28,23(26)27)20-13-8-5-9-14-20/h5,8-9,13-14,19,21,28H,2-4,6-7,10-12,15-18H2,1H3,(H,26,27)/t19-,21+,24?/m0/s1. The van der Waals surface area contributed by atoms with Gasteiger partial charge in [-0.15, -0.1) is 0 Å². The summed E-state index contributed by atoms with van der Waals surface area (Å²) < 4.78 is 0. The van der Waals surface area contributed by atoms with Gasteiger partial charge >= 0.3 is 5.97 Å². The van der Waals surface area contributed by atoms with Crippen LogP contribution in [-0.4, -0.2) is 22.0 Å². The average Bonchev–Trinajstić information content (AvgIpc) is 3.05. The van der Waals surface area contributed by atoms with E-state index in [4.69, 9.17) is 0 Å². The number of hydrogen-bond donors (Lipinski definition) is 2. The summed E-state index contributed by atoms with van der Waals surface area (Å²) in [6.45, 7) is 2.21. The van der Waals surface area contributed by atoms with Gasteiger partial charge in [0.25, 0.3) is 0 Å². The monoisotopic (exact) mass is 388 g/mol. The third kappa shape index (κ3) is 6.16. The van der Waals surface area contributed by atoms with Gasteiger partial charge in [-0.25, -0.2) is 4.79 Å². The molecular formula is C24H36O4. The lowest BCUT2D eigenvalue weighted by molar-refractivity contribution is -0.160. The summed E-state index contributed by atoms with van der Waals surface area (Å²) in [4.78, 5) is 23.9. The van der Waals surface area contributed by atoms with Gasteiger partial charge in [-0.2, -0.15) is 0 Å². The Bertz CT molecular complexity index is 612. The Morgan fingerprint density at radius 2 is 1.71 bits per heavy atom. The molecule has 0 radical (unpaired) electrons. The van der Waals surface area contributed by atoms with Crippen molar-refractivity contribution in [2.45, 2.75) is 89.6 Å². The first-order chi connectivity index (χ1) is 13.5. The normalized spacial score (nSPS) is 21.6. The van der Waals surface area contributed by atoms with Gasteiger partial charge in [-0.05, 0) is 43.6 Å². The molecule has 1 fully saturated rings. The summed E-state index contributed by atoms with van der Waals surface area (Å²) in [6, 6.07) is 8.62. The third-order valence-electron chi connectivity index (χ3n) is 6.33. The summed E-state index contributed by atoms with van der Waals surface area (Å²) in [5, 5.41) is 20.2. The molecule has 0 amide bonds. The van der Waals surface area contributed by atoms with Crippen molar-refractivity contribution < 1.29 is 19.8 Å². The highest BCUT2D eigenvalue weighted by Gasteiger charge is 2.37. The van der Waals surface area contributed by atoms with Crippen molar-refractivity contribution in [1.82, 2.24) is 0 Å². The molecule has 0 aromatic heterocycles. The number of aliphatic carboxylic acids is 1. The minimum Gasteiger partial charge on any atom is -0.479 e. The van der Waals surface area contributed by atoms with Crippen LogP contribution in [0.2, 0.25) is 0 Å². The Kier molecular flexibility index (Phi) is 9.17. The molecule has 2 N–H and O–H groups in total. The van der Waals surface area contributed by atoms with Gasteiger partial charge < -0.3 is 10.2 Å². The lowest BCUT2D eigenvalue weighted by atomic mass is 9.85. The average molecular weight is 389 g/mol. The predicted molar refractivity (Wildman–Crippen MR) is 111 cm³/mol. The fourth-order valence-corrected chi connectivity index (χ4v) is 4.56. The maximum absolute atomic E-state index is 12.3. The van der Waals surface area contributed by atoms with E-state index in [0.717, 1.165) is 32.1 Å². The molecule has 1 unspecified atom stereocenters. The Hall–Kier alpha value is -1.68. The lowest BCUT2D eigenvalue weighted by Gasteiger charge is -2.24. The number of benzene rings is 1. The number of carbonyl (C=O) groups excluding carboxylic acids is 1. The van der Waals surface area contributed by atoms with Crippen molar-refractivity contribution in [3.05, 3.63) is 35.9 Å². The fourth-order valence-electron chi connectivity index (χ4n) is 4.56. The smallest absolute Gasteiger partial charge is 0.340 e. The Balaban J connectivity index is 1.76. The molecular weight excluding hydrogens is 352 g/mol. The quantitative estimate of drug-likeness (QED) is 0.439. The molecule has 28 heavy (non-hydrogen) atoms. The van der Waals surface area contributed by atoms with E-state index in [0.29, 0.717) is 23.7 Å². The van der Waals surface area contributed by atoms with Crippen LogP contribution in [0.15, 0.2) is 30.3 Å². The molecule has 1 aromatic rings. The van der Waals surface area contributed by atoms with Crippen LogP contribution < -0.4 is 0 Å². The first-order valence-corrected chi connectivity index (χ1v) is 11.0. The summed E-state index contributed by atoms with van der Waals surface area (Å²) in [5.41, 5.74) is -1.40. The zero-order valence-electron chi connectivity index (χ0n) is 17.2. The predicted octanol–water partition coefficient (Wildman–Crippen LogP) is 5.48. The summed E-state index contributed by atoms with van der Waals surface area (Å²) in [5.74, 6) is -0.0256. The number of hydrogen-bond acceptors (Lipinski definition) is 3. The van der Waals surface area contributed by atoms with E-state index in [1.807, 2.05) is 6.07 Å². The minimum atomic E-state index is -1.83. The van der Waals surface area contributed by atoms with Crippen LogP contribution in [0.3, 0.4) is 0 Å². The summed E-state index contributed by atoms with van der Waals surface area (Å²) in [7, 11) is 0. The number of Topliss-reactive ketones (excluding diaryl/α,β-unsaturated/α-hetero) is 1. The molecule has 1 aliphatic carbocycles. The molecule has 1 aliphatic rings. The molecule has 156 valence electrons. The van der Waals surface area contributed by atoms with E-state index in [1.54, 1.807) is 24.3 Å². The SMILES string of the molecule is CCCCCC[C@H]1CCC(=O)[C@@H]1CCCCCC(O)(C(=O)O)c1ccccc1. The highest BCUT2D eigenvalue weighted by molar-refractivity contribution is 5.83. The largest absolute Gasteiger partial charge is 0.479 e. The number of carbonyl (C=O) groups is 2. The van der Waals surface area contributed by atoms with Gasteiger partial charge in [-0.3, -0.25) is 4.79 Å².